The summed E-state index contributed by atoms with van der Waals surface area (Å²) in [5.74, 6) is 0.827. The molecule has 0 aromatic heterocycles. The van der Waals surface area contributed by atoms with Gasteiger partial charge in [0.25, 0.3) is 0 Å². The van der Waals surface area contributed by atoms with Gasteiger partial charge in [0.1, 0.15) is 0 Å². The van der Waals surface area contributed by atoms with Crippen LogP contribution in [-0.2, 0) is 0 Å². The van der Waals surface area contributed by atoms with Crippen LogP contribution in [0.4, 0.5) is 0 Å². The molecule has 0 aromatic carbocycles. The molecule has 1 heteroatoms. The lowest BCUT2D eigenvalue weighted by Gasteiger charge is -2.04. The molecule has 0 aliphatic rings. The molecule has 0 heterocycles. The highest BCUT2D eigenvalue weighted by Crippen LogP contribution is 2.15. The Kier molecular flexibility index (Phi) is 38.1. The average Bonchev–Trinajstić information content (AvgIpc) is 2.81. The highest BCUT2D eigenvalue weighted by Gasteiger charge is 1.95. The van der Waals surface area contributed by atoms with Crippen LogP contribution >= 0.6 is 11.6 Å². The van der Waals surface area contributed by atoms with E-state index in [1.165, 1.54) is 167 Å². The number of halogens is 1. The summed E-state index contributed by atoms with van der Waals surface area (Å²) in [6.45, 7) is 8.26. The first-order valence-electron chi connectivity index (χ1n) is 15.0. The van der Waals surface area contributed by atoms with Gasteiger partial charge < -0.3 is 0 Å². The maximum atomic E-state index is 5.38. The maximum absolute atomic E-state index is 5.38. The topological polar surface area (TPSA) is 0 Å². The molecule has 0 radical (unpaired) electrons. The van der Waals surface area contributed by atoms with Crippen LogP contribution in [0.3, 0.4) is 0 Å². The fraction of sp³-hybridized carbons (Fsp3) is 0.935. The van der Waals surface area contributed by atoms with E-state index in [9.17, 15) is 0 Å². The Bertz CT molecular complexity index is 295. The molecule has 0 aliphatic carbocycles. The number of allylic oxidation sites excluding steroid dienone is 1. The van der Waals surface area contributed by atoms with Crippen molar-refractivity contribution in [1.29, 1.82) is 0 Å². The van der Waals surface area contributed by atoms with Crippen molar-refractivity contribution in [3.63, 3.8) is 0 Å². The smallest absolute Gasteiger partial charge is 0.0223 e. The van der Waals surface area contributed by atoms with E-state index in [-0.39, 0.29) is 0 Å². The maximum Gasteiger partial charge on any atom is 0.0223 e. The molecule has 0 unspecified atom stereocenters. The van der Waals surface area contributed by atoms with Crippen molar-refractivity contribution < 1.29 is 0 Å². The Balaban J connectivity index is 0. The van der Waals surface area contributed by atoms with Gasteiger partial charge in [-0.1, -0.05) is 168 Å². The zero-order chi connectivity index (χ0) is 23.8. The Hall–Kier alpha value is 0.0300. The van der Waals surface area contributed by atoms with Crippen molar-refractivity contribution in [2.75, 3.05) is 5.88 Å². The van der Waals surface area contributed by atoms with Gasteiger partial charge in [0.2, 0.25) is 0 Å². The number of rotatable bonds is 26. The number of hydrogen-bond acceptors (Lipinski definition) is 0. The van der Waals surface area contributed by atoms with Crippen LogP contribution in [0.5, 0.6) is 0 Å². The van der Waals surface area contributed by atoms with Gasteiger partial charge in [-0.25, -0.2) is 0 Å². The van der Waals surface area contributed by atoms with Crippen LogP contribution in [-0.4, -0.2) is 5.88 Å². The second kappa shape index (κ2) is 35.6. The van der Waals surface area contributed by atoms with Gasteiger partial charge >= 0.3 is 0 Å². The Labute approximate surface area is 210 Å². The van der Waals surface area contributed by atoms with Crippen LogP contribution < -0.4 is 0 Å². The summed E-state index contributed by atoms with van der Waals surface area (Å²) >= 11 is 5.38. The van der Waals surface area contributed by atoms with E-state index in [1.54, 1.807) is 0 Å². The molecular formula is C31H63Cl. The van der Waals surface area contributed by atoms with E-state index in [0.717, 1.165) is 5.88 Å². The van der Waals surface area contributed by atoms with Gasteiger partial charge in [0, 0.05) is 5.88 Å². The second-order valence-corrected chi connectivity index (χ2v) is 10.3. The fourth-order valence-corrected chi connectivity index (χ4v) is 4.43. The molecule has 0 rings (SSSR count). The van der Waals surface area contributed by atoms with Gasteiger partial charge in [-0.3, -0.25) is 0 Å². The molecule has 0 saturated heterocycles. The van der Waals surface area contributed by atoms with Gasteiger partial charge in [0.05, 0.1) is 0 Å². The molecule has 0 saturated carbocycles. The second-order valence-electron chi connectivity index (χ2n) is 9.90. The summed E-state index contributed by atoms with van der Waals surface area (Å²) < 4.78 is 0. The predicted octanol–water partition coefficient (Wildman–Crippen LogP) is 12.6. The first kappa shape index (κ1) is 34.2. The Morgan fingerprint density at radius 3 is 0.875 bits per heavy atom. The monoisotopic (exact) mass is 470 g/mol. The van der Waals surface area contributed by atoms with E-state index in [4.69, 9.17) is 11.6 Å². The minimum atomic E-state index is 0.827. The van der Waals surface area contributed by atoms with E-state index >= 15 is 0 Å². The molecule has 0 amide bonds. The molecule has 0 aromatic rings. The molecule has 0 spiro atoms. The lowest BCUT2D eigenvalue weighted by atomic mass is 10.0. The lowest BCUT2D eigenvalue weighted by molar-refractivity contribution is 0.519. The van der Waals surface area contributed by atoms with Crippen LogP contribution in [0.15, 0.2) is 12.7 Å². The first-order chi connectivity index (χ1) is 15.8. The van der Waals surface area contributed by atoms with Gasteiger partial charge in [-0.15, -0.1) is 18.2 Å². The molecule has 0 aliphatic heterocycles. The van der Waals surface area contributed by atoms with Crippen molar-refractivity contribution in [2.45, 2.75) is 181 Å². The van der Waals surface area contributed by atoms with Crippen molar-refractivity contribution in [3.05, 3.63) is 12.7 Å². The lowest BCUT2D eigenvalue weighted by Crippen LogP contribution is -1.84. The highest BCUT2D eigenvalue weighted by atomic mass is 35.5. The molecule has 32 heavy (non-hydrogen) atoms. The Morgan fingerprint density at radius 2 is 0.656 bits per heavy atom. The largest absolute Gasteiger partial charge is 0.127 e. The summed E-state index contributed by atoms with van der Waals surface area (Å²) in [4.78, 5) is 0. The fourth-order valence-electron chi connectivity index (χ4n) is 4.24. The number of unbranched alkanes of at least 4 members (excludes halogenated alkanes) is 24. The first-order valence-corrected chi connectivity index (χ1v) is 15.5. The minimum Gasteiger partial charge on any atom is -0.127 e. The summed E-state index contributed by atoms with van der Waals surface area (Å²) in [7, 11) is 0. The van der Waals surface area contributed by atoms with E-state index in [2.05, 4.69) is 26.5 Å². The third-order valence-electron chi connectivity index (χ3n) is 6.50. The van der Waals surface area contributed by atoms with E-state index < -0.39 is 0 Å². The quantitative estimate of drug-likeness (QED) is 0.0669. The van der Waals surface area contributed by atoms with Gasteiger partial charge in [-0.05, 0) is 19.3 Å². The highest BCUT2D eigenvalue weighted by molar-refractivity contribution is 6.17. The van der Waals surface area contributed by atoms with Crippen LogP contribution in [0.1, 0.15) is 181 Å². The summed E-state index contributed by atoms with van der Waals surface area (Å²) in [5, 5.41) is 0. The SMILES string of the molecule is C=CCCCCCCCCCCCCCCCCCCCCCCCC.CCCCCCl. The van der Waals surface area contributed by atoms with Crippen molar-refractivity contribution in [3.8, 4) is 0 Å². The van der Waals surface area contributed by atoms with Crippen molar-refractivity contribution in [2.24, 2.45) is 0 Å². The van der Waals surface area contributed by atoms with Crippen molar-refractivity contribution >= 4 is 11.6 Å². The zero-order valence-corrected chi connectivity index (χ0v) is 23.5. The number of alkyl halides is 1. The molecular weight excluding hydrogens is 408 g/mol. The van der Waals surface area contributed by atoms with Crippen LogP contribution in [0, 0.1) is 0 Å². The van der Waals surface area contributed by atoms with Crippen LogP contribution in [0.25, 0.3) is 0 Å². The van der Waals surface area contributed by atoms with E-state index in [1.807, 2.05) is 0 Å². The molecule has 0 bridgehead atoms. The minimum absolute atomic E-state index is 0.827. The molecule has 0 N–H and O–H groups in total. The predicted molar refractivity (Wildman–Crippen MR) is 152 cm³/mol. The standard InChI is InChI=1S/C26H52.C5H11Cl/c1-3-5-7-9-11-13-15-17-19-21-23-25-26-24-22-20-18-16-14-12-10-8-6-4-2;1-2-3-4-5-6/h3H,1,4-26H2,2H3;2-5H2,1H3. The number of hydrogen-bond donors (Lipinski definition) is 0. The summed E-state index contributed by atoms with van der Waals surface area (Å²) in [5.41, 5.74) is 0. The van der Waals surface area contributed by atoms with Gasteiger partial charge in [0.15, 0.2) is 0 Å². The third-order valence-corrected chi connectivity index (χ3v) is 6.77. The zero-order valence-electron chi connectivity index (χ0n) is 22.8. The van der Waals surface area contributed by atoms with Gasteiger partial charge in [-0.2, -0.15) is 0 Å². The summed E-state index contributed by atoms with van der Waals surface area (Å²) in [6, 6.07) is 0. The third kappa shape index (κ3) is 37.4. The molecule has 0 nitrogen and oxygen atoms in total. The molecule has 0 atom stereocenters. The molecule has 0 fully saturated rings. The average molecular weight is 471 g/mol. The normalized spacial score (nSPS) is 10.7. The molecule has 194 valence electrons. The van der Waals surface area contributed by atoms with Crippen LogP contribution in [0.2, 0.25) is 0 Å². The van der Waals surface area contributed by atoms with Crippen molar-refractivity contribution in [1.82, 2.24) is 0 Å². The van der Waals surface area contributed by atoms with E-state index in [0.29, 0.717) is 0 Å². The Morgan fingerprint density at radius 1 is 0.406 bits per heavy atom. The summed E-state index contributed by atoms with van der Waals surface area (Å²) in [6.07, 6.45) is 39.1.